The first-order chi connectivity index (χ1) is 15.7. The van der Waals surface area contributed by atoms with Crippen LogP contribution < -0.4 is 16.0 Å². The minimum Gasteiger partial charge on any atom is -0.343 e. The summed E-state index contributed by atoms with van der Waals surface area (Å²) in [6.07, 6.45) is -5.09. The highest BCUT2D eigenvalue weighted by atomic mass is 32.2. The number of carbonyl (C=O) groups is 2. The van der Waals surface area contributed by atoms with Gasteiger partial charge in [0.1, 0.15) is 0 Å². The summed E-state index contributed by atoms with van der Waals surface area (Å²) in [5, 5.41) is 2.14. The first kappa shape index (κ1) is 24.1. The summed E-state index contributed by atoms with van der Waals surface area (Å²) >= 11 is 0. The van der Waals surface area contributed by atoms with Gasteiger partial charge in [0, 0.05) is 12.0 Å². The zero-order chi connectivity index (χ0) is 25.1. The third-order valence-electron chi connectivity index (χ3n) is 5.58. The fraction of sp³-hybridized carbons (Fsp3) is 0.333. The number of anilines is 1. The molecule has 34 heavy (non-hydrogen) atoms. The summed E-state index contributed by atoms with van der Waals surface area (Å²) in [6.45, 7) is -0.334. The predicted octanol–water partition coefficient (Wildman–Crippen LogP) is 2.49. The average Bonchev–Trinajstić information content (AvgIpc) is 3.36. The molecule has 2 amide bonds. The van der Waals surface area contributed by atoms with Crippen molar-refractivity contribution < 1.29 is 40.0 Å². The molecule has 0 spiro atoms. The highest BCUT2D eigenvalue weighted by Crippen LogP contribution is 2.42. The molecule has 0 unspecified atom stereocenters. The van der Waals surface area contributed by atoms with Crippen molar-refractivity contribution >= 4 is 27.3 Å². The summed E-state index contributed by atoms with van der Waals surface area (Å²) in [5.41, 5.74) is 4.73. The van der Waals surface area contributed by atoms with Gasteiger partial charge in [0.25, 0.3) is 11.8 Å². The molecule has 13 heteroatoms. The lowest BCUT2D eigenvalue weighted by Crippen LogP contribution is -2.45. The second-order valence-corrected chi connectivity index (χ2v) is 10.2. The van der Waals surface area contributed by atoms with E-state index in [1.54, 1.807) is 0 Å². The van der Waals surface area contributed by atoms with Gasteiger partial charge in [-0.3, -0.25) is 9.59 Å². The molecule has 1 aliphatic heterocycles. The molecule has 4 rings (SSSR count). The van der Waals surface area contributed by atoms with Crippen LogP contribution in [0.1, 0.15) is 27.9 Å². The van der Waals surface area contributed by atoms with Crippen molar-refractivity contribution in [1.82, 2.24) is 5.32 Å². The minimum absolute atomic E-state index is 0.169. The molecule has 3 N–H and O–H groups in total. The number of amides is 2. The quantitative estimate of drug-likeness (QED) is 0.624. The first-order valence-electron chi connectivity index (χ1n) is 9.98. The molecule has 7 nitrogen and oxygen atoms in total. The summed E-state index contributed by atoms with van der Waals surface area (Å²) in [7, 11) is -4.07. The number of halogens is 5. The van der Waals surface area contributed by atoms with Crippen LogP contribution >= 0.6 is 0 Å². The second kappa shape index (κ2) is 8.01. The number of fused-ring (bicyclic) bond motifs is 1. The number of benzene rings is 2. The Morgan fingerprint density at radius 1 is 1.15 bits per heavy atom. The molecule has 2 aliphatic rings. The van der Waals surface area contributed by atoms with Crippen LogP contribution in [0.25, 0.3) is 0 Å². The number of hydrogen-bond donors (Lipinski definition) is 2. The van der Waals surface area contributed by atoms with Gasteiger partial charge in [0.05, 0.1) is 40.5 Å². The van der Waals surface area contributed by atoms with Gasteiger partial charge in [0.2, 0.25) is 5.91 Å². The van der Waals surface area contributed by atoms with Gasteiger partial charge in [-0.25, -0.2) is 17.2 Å². The number of hydrogen-bond acceptors (Lipinski definition) is 5. The predicted molar refractivity (Wildman–Crippen MR) is 110 cm³/mol. The zero-order valence-corrected chi connectivity index (χ0v) is 18.1. The van der Waals surface area contributed by atoms with Crippen molar-refractivity contribution in [2.75, 3.05) is 10.7 Å². The molecular weight excluding hydrogens is 485 g/mol. The number of nitrogens with one attached hydrogen (secondary N) is 1. The molecule has 1 aliphatic carbocycles. The van der Waals surface area contributed by atoms with Crippen molar-refractivity contribution in [1.29, 1.82) is 0 Å². The van der Waals surface area contributed by atoms with Crippen molar-refractivity contribution in [2.24, 2.45) is 5.73 Å². The van der Waals surface area contributed by atoms with Crippen LogP contribution in [0.3, 0.4) is 0 Å². The smallest absolute Gasteiger partial charge is 0.343 e. The summed E-state index contributed by atoms with van der Waals surface area (Å²) in [5.74, 6) is -5.46. The normalized spacial score (nSPS) is 23.1. The Bertz CT molecular complexity index is 1260. The summed E-state index contributed by atoms with van der Waals surface area (Å²) in [6, 6.07) is 4.36. The second-order valence-electron chi connectivity index (χ2n) is 8.18. The molecular formula is C21H18F5N3O4S. The number of alkyl halides is 5. The maximum atomic E-state index is 13.2. The van der Waals surface area contributed by atoms with Crippen molar-refractivity contribution in [3.63, 3.8) is 0 Å². The number of nitrogens with two attached hydrogens (primary N) is 1. The monoisotopic (exact) mass is 503 g/mol. The largest absolute Gasteiger partial charge is 0.416 e. The molecule has 2 aromatic carbocycles. The summed E-state index contributed by atoms with van der Waals surface area (Å²) < 4.78 is 90.5. The van der Waals surface area contributed by atoms with Crippen LogP contribution in [-0.2, 0) is 27.4 Å². The van der Waals surface area contributed by atoms with E-state index in [9.17, 15) is 40.0 Å². The van der Waals surface area contributed by atoms with Crippen LogP contribution in [0.4, 0.5) is 27.6 Å². The van der Waals surface area contributed by atoms with E-state index >= 15 is 0 Å². The standard InChI is InChI=1S/C21H18F5N3O4S/c22-20(23)8-17(20)28-18(30)12-3-6-16-15(7-12)29(19(31)14(27)10-34(16,32)33)9-11-1-4-13(5-2-11)21(24,25)26/h1-7,14,17H,8-10,27H2,(H,28,30)/t14-,17+/m0/s1. The maximum absolute atomic E-state index is 13.2. The Labute approximate surface area is 190 Å². The molecule has 2 atom stereocenters. The van der Waals surface area contributed by atoms with Crippen LogP contribution in [0.5, 0.6) is 0 Å². The topological polar surface area (TPSA) is 110 Å². The summed E-state index contributed by atoms with van der Waals surface area (Å²) in [4.78, 5) is 26.0. The number of rotatable bonds is 4. The Hall–Kier alpha value is -3.06. The van der Waals surface area contributed by atoms with E-state index in [0.717, 1.165) is 47.4 Å². The Morgan fingerprint density at radius 3 is 2.32 bits per heavy atom. The van der Waals surface area contributed by atoms with Gasteiger partial charge in [-0.1, -0.05) is 12.1 Å². The van der Waals surface area contributed by atoms with Gasteiger partial charge in [-0.2, -0.15) is 13.2 Å². The van der Waals surface area contributed by atoms with Gasteiger partial charge in [-0.05, 0) is 35.9 Å². The van der Waals surface area contributed by atoms with E-state index < -0.39 is 63.6 Å². The fourth-order valence-corrected chi connectivity index (χ4v) is 5.16. The number of carbonyl (C=O) groups excluding carboxylic acids is 2. The van der Waals surface area contributed by atoms with Gasteiger partial charge in [0.15, 0.2) is 9.84 Å². The van der Waals surface area contributed by atoms with Crippen molar-refractivity contribution in [3.8, 4) is 0 Å². The van der Waals surface area contributed by atoms with Gasteiger partial charge >= 0.3 is 6.18 Å². The zero-order valence-electron chi connectivity index (χ0n) is 17.3. The van der Waals surface area contributed by atoms with E-state index in [-0.39, 0.29) is 28.3 Å². The minimum atomic E-state index is -4.57. The van der Waals surface area contributed by atoms with Crippen LogP contribution in [0.15, 0.2) is 47.4 Å². The van der Waals surface area contributed by atoms with E-state index in [1.807, 2.05) is 0 Å². The third kappa shape index (κ3) is 4.62. The van der Waals surface area contributed by atoms with Gasteiger partial charge in [-0.15, -0.1) is 0 Å². The SMILES string of the molecule is N[C@H]1CS(=O)(=O)c2ccc(C(=O)N[C@@H]3CC3(F)F)cc2N(Cc2ccc(C(F)(F)F)cc2)C1=O. The van der Waals surface area contributed by atoms with E-state index in [4.69, 9.17) is 5.73 Å². The lowest BCUT2D eigenvalue weighted by Gasteiger charge is -2.25. The lowest BCUT2D eigenvalue weighted by atomic mass is 10.1. The molecule has 1 heterocycles. The molecule has 0 saturated heterocycles. The van der Waals surface area contributed by atoms with Crippen molar-refractivity contribution in [3.05, 3.63) is 59.2 Å². The molecule has 1 fully saturated rings. The highest BCUT2D eigenvalue weighted by molar-refractivity contribution is 7.91. The maximum Gasteiger partial charge on any atom is 0.416 e. The van der Waals surface area contributed by atoms with Crippen LogP contribution in [0.2, 0.25) is 0 Å². The molecule has 0 aromatic heterocycles. The van der Waals surface area contributed by atoms with E-state index in [1.165, 1.54) is 0 Å². The van der Waals surface area contributed by atoms with E-state index in [2.05, 4.69) is 5.32 Å². The Morgan fingerprint density at radius 2 is 1.76 bits per heavy atom. The average molecular weight is 503 g/mol. The Balaban J connectivity index is 1.72. The number of nitrogens with zero attached hydrogens (tertiary/aromatic N) is 1. The third-order valence-corrected chi connectivity index (χ3v) is 7.40. The van der Waals surface area contributed by atoms with Crippen LogP contribution in [0, 0.1) is 0 Å². The van der Waals surface area contributed by atoms with Crippen molar-refractivity contribution in [2.45, 2.75) is 42.0 Å². The van der Waals surface area contributed by atoms with E-state index in [0.29, 0.717) is 0 Å². The Kier molecular flexibility index (Phi) is 5.67. The highest BCUT2D eigenvalue weighted by Gasteiger charge is 2.58. The molecule has 0 radical (unpaired) electrons. The molecule has 2 aromatic rings. The molecule has 0 bridgehead atoms. The van der Waals surface area contributed by atoms with Crippen LogP contribution in [-0.4, -0.2) is 44.0 Å². The van der Waals surface area contributed by atoms with Gasteiger partial charge < -0.3 is 16.0 Å². The first-order valence-corrected chi connectivity index (χ1v) is 11.6. The lowest BCUT2D eigenvalue weighted by molar-refractivity contribution is -0.137. The molecule has 182 valence electrons. The molecule has 1 saturated carbocycles. The number of sulfone groups is 1. The fourth-order valence-electron chi connectivity index (χ4n) is 3.61.